The summed E-state index contributed by atoms with van der Waals surface area (Å²) in [6.07, 6.45) is 7.02. The van der Waals surface area contributed by atoms with Crippen LogP contribution in [0.5, 0.6) is 0 Å². The Labute approximate surface area is 134 Å². The van der Waals surface area contributed by atoms with Crippen molar-refractivity contribution in [1.82, 2.24) is 10.6 Å². The molecule has 0 aliphatic rings. The molecule has 0 saturated heterocycles. The van der Waals surface area contributed by atoms with Crippen molar-refractivity contribution in [3.05, 3.63) is 37.5 Å². The first kappa shape index (κ1) is 20.1. The van der Waals surface area contributed by atoms with Crippen LogP contribution in [0.2, 0.25) is 0 Å². The van der Waals surface area contributed by atoms with Crippen molar-refractivity contribution < 1.29 is 14.3 Å². The maximum absolute atomic E-state index is 11.6. The van der Waals surface area contributed by atoms with Gasteiger partial charge >= 0.3 is 0 Å². The zero-order chi connectivity index (χ0) is 16.6. The van der Waals surface area contributed by atoms with Crippen molar-refractivity contribution in [3.8, 4) is 0 Å². The number of methoxy groups -OCH3 is 1. The van der Waals surface area contributed by atoms with E-state index in [0.717, 1.165) is 38.8 Å². The lowest BCUT2D eigenvalue weighted by atomic mass is 10.2. The summed E-state index contributed by atoms with van der Waals surface area (Å²) in [5, 5.41) is 5.99. The fourth-order valence-electron chi connectivity index (χ4n) is 1.71. The summed E-state index contributed by atoms with van der Waals surface area (Å²) in [6, 6.07) is 0. The van der Waals surface area contributed by atoms with Gasteiger partial charge in [0, 0.05) is 19.5 Å². The Bertz CT molecular complexity index is 354. The number of ether oxygens (including phenoxy) is 2. The quantitative estimate of drug-likeness (QED) is 0.277. The summed E-state index contributed by atoms with van der Waals surface area (Å²) < 4.78 is 10.1. The SMILES string of the molecule is C=CC(=C)OCCCC(=O)NCCCCCCNC(=C)OC. The smallest absolute Gasteiger partial charge is 0.220 e. The van der Waals surface area contributed by atoms with E-state index in [2.05, 4.69) is 30.4 Å². The third kappa shape index (κ3) is 13.1. The Morgan fingerprint density at radius 2 is 1.68 bits per heavy atom. The van der Waals surface area contributed by atoms with Gasteiger partial charge in [0.05, 0.1) is 13.7 Å². The van der Waals surface area contributed by atoms with Crippen LogP contribution in [-0.2, 0) is 14.3 Å². The molecule has 0 aliphatic carbocycles. The van der Waals surface area contributed by atoms with Gasteiger partial charge in [-0.25, -0.2) is 0 Å². The Hall–Kier alpha value is -1.91. The zero-order valence-corrected chi connectivity index (χ0v) is 13.8. The number of rotatable bonds is 15. The van der Waals surface area contributed by atoms with Gasteiger partial charge in [0.15, 0.2) is 5.88 Å². The molecule has 0 fully saturated rings. The van der Waals surface area contributed by atoms with E-state index in [-0.39, 0.29) is 5.91 Å². The van der Waals surface area contributed by atoms with Gasteiger partial charge in [-0.2, -0.15) is 0 Å². The van der Waals surface area contributed by atoms with Crippen LogP contribution in [0.25, 0.3) is 0 Å². The summed E-state index contributed by atoms with van der Waals surface area (Å²) in [6.45, 7) is 13.0. The Morgan fingerprint density at radius 1 is 1.05 bits per heavy atom. The van der Waals surface area contributed by atoms with Crippen molar-refractivity contribution in [1.29, 1.82) is 0 Å². The van der Waals surface area contributed by atoms with Crippen LogP contribution in [0.15, 0.2) is 37.5 Å². The minimum atomic E-state index is 0.0749. The van der Waals surface area contributed by atoms with Gasteiger partial charge in [-0.3, -0.25) is 4.79 Å². The number of hydrogen-bond donors (Lipinski definition) is 2. The molecule has 22 heavy (non-hydrogen) atoms. The van der Waals surface area contributed by atoms with Crippen LogP contribution in [0.3, 0.4) is 0 Å². The molecule has 0 heterocycles. The van der Waals surface area contributed by atoms with Gasteiger partial charge in [0.1, 0.15) is 5.76 Å². The van der Waals surface area contributed by atoms with E-state index in [1.807, 2.05) is 0 Å². The number of unbranched alkanes of at least 4 members (excludes halogenated alkanes) is 3. The standard InChI is InChI=1S/C17H30N2O3/c1-5-15(2)22-14-10-11-17(20)19-13-9-7-6-8-12-18-16(3)21-4/h5,18H,1-3,6-14H2,4H3,(H,19,20). The number of carbonyl (C=O) groups excluding carboxylic acids is 1. The number of amides is 1. The van der Waals surface area contributed by atoms with Gasteiger partial charge in [-0.1, -0.05) is 26.0 Å². The molecular weight excluding hydrogens is 280 g/mol. The minimum absolute atomic E-state index is 0.0749. The van der Waals surface area contributed by atoms with E-state index in [4.69, 9.17) is 9.47 Å². The Balaban J connectivity index is 3.30. The first-order valence-electron chi connectivity index (χ1n) is 7.77. The summed E-state index contributed by atoms with van der Waals surface area (Å²) in [7, 11) is 1.60. The highest BCUT2D eigenvalue weighted by Gasteiger charge is 2.00. The van der Waals surface area contributed by atoms with E-state index in [0.29, 0.717) is 31.1 Å². The Morgan fingerprint density at radius 3 is 2.27 bits per heavy atom. The largest absolute Gasteiger partial charge is 0.494 e. The molecule has 0 spiro atoms. The second kappa shape index (κ2) is 14.0. The fraction of sp³-hybridized carbons (Fsp3) is 0.588. The molecule has 0 aliphatic heterocycles. The van der Waals surface area contributed by atoms with Gasteiger partial charge in [0.25, 0.3) is 0 Å². The number of carbonyl (C=O) groups is 1. The molecule has 0 unspecified atom stereocenters. The highest BCUT2D eigenvalue weighted by atomic mass is 16.5. The van der Waals surface area contributed by atoms with Gasteiger partial charge in [-0.05, 0) is 31.9 Å². The summed E-state index contributed by atoms with van der Waals surface area (Å²) in [5.41, 5.74) is 0. The number of allylic oxidation sites excluding steroid dienone is 1. The van der Waals surface area contributed by atoms with Crippen molar-refractivity contribution in [2.45, 2.75) is 38.5 Å². The van der Waals surface area contributed by atoms with E-state index in [1.54, 1.807) is 13.2 Å². The topological polar surface area (TPSA) is 59.6 Å². The lowest BCUT2D eigenvalue weighted by Gasteiger charge is -2.08. The highest BCUT2D eigenvalue weighted by Crippen LogP contribution is 2.00. The summed E-state index contributed by atoms with van der Waals surface area (Å²) >= 11 is 0. The highest BCUT2D eigenvalue weighted by molar-refractivity contribution is 5.75. The average Bonchev–Trinajstić information content (AvgIpc) is 2.53. The van der Waals surface area contributed by atoms with E-state index in [1.165, 1.54) is 0 Å². The van der Waals surface area contributed by atoms with Crippen molar-refractivity contribution in [2.75, 3.05) is 26.8 Å². The molecule has 126 valence electrons. The van der Waals surface area contributed by atoms with Crippen LogP contribution in [0, 0.1) is 0 Å². The molecule has 0 aromatic carbocycles. The van der Waals surface area contributed by atoms with Crippen LogP contribution in [0.1, 0.15) is 38.5 Å². The first-order valence-corrected chi connectivity index (χ1v) is 7.77. The molecule has 5 heteroatoms. The van der Waals surface area contributed by atoms with Gasteiger partial charge in [-0.15, -0.1) is 0 Å². The molecule has 1 amide bonds. The molecule has 0 aromatic rings. The third-order valence-electron chi connectivity index (χ3n) is 3.06. The molecule has 0 saturated carbocycles. The number of nitrogens with one attached hydrogen (secondary N) is 2. The van der Waals surface area contributed by atoms with Gasteiger partial charge in [0.2, 0.25) is 5.91 Å². The summed E-state index contributed by atoms with van der Waals surface area (Å²) in [4.78, 5) is 11.6. The molecule has 0 atom stereocenters. The van der Waals surface area contributed by atoms with Crippen LogP contribution in [-0.4, -0.2) is 32.7 Å². The second-order valence-corrected chi connectivity index (χ2v) is 4.94. The van der Waals surface area contributed by atoms with E-state index >= 15 is 0 Å². The lowest BCUT2D eigenvalue weighted by molar-refractivity contribution is -0.121. The van der Waals surface area contributed by atoms with Crippen LogP contribution < -0.4 is 10.6 Å². The normalized spacial score (nSPS) is 9.68. The monoisotopic (exact) mass is 310 g/mol. The molecule has 2 N–H and O–H groups in total. The van der Waals surface area contributed by atoms with E-state index in [9.17, 15) is 4.79 Å². The summed E-state index contributed by atoms with van der Waals surface area (Å²) in [5.74, 6) is 1.22. The zero-order valence-electron chi connectivity index (χ0n) is 13.8. The molecular formula is C17H30N2O3. The fourth-order valence-corrected chi connectivity index (χ4v) is 1.71. The van der Waals surface area contributed by atoms with Crippen LogP contribution in [0.4, 0.5) is 0 Å². The third-order valence-corrected chi connectivity index (χ3v) is 3.06. The Kier molecular flexibility index (Phi) is 12.8. The van der Waals surface area contributed by atoms with Crippen molar-refractivity contribution in [2.24, 2.45) is 0 Å². The second-order valence-electron chi connectivity index (χ2n) is 4.94. The molecule has 0 radical (unpaired) electrons. The predicted octanol–water partition coefficient (Wildman–Crippen LogP) is 2.87. The van der Waals surface area contributed by atoms with Crippen LogP contribution >= 0.6 is 0 Å². The molecule has 5 nitrogen and oxygen atoms in total. The predicted molar refractivity (Wildman–Crippen MR) is 90.2 cm³/mol. The molecule has 0 rings (SSSR count). The maximum atomic E-state index is 11.6. The van der Waals surface area contributed by atoms with Crippen molar-refractivity contribution >= 4 is 5.91 Å². The lowest BCUT2D eigenvalue weighted by Crippen LogP contribution is -2.24. The average molecular weight is 310 g/mol. The minimum Gasteiger partial charge on any atom is -0.494 e. The molecule has 0 bridgehead atoms. The van der Waals surface area contributed by atoms with Gasteiger partial charge < -0.3 is 20.1 Å². The molecule has 0 aromatic heterocycles. The van der Waals surface area contributed by atoms with Crippen molar-refractivity contribution in [3.63, 3.8) is 0 Å². The number of hydrogen-bond acceptors (Lipinski definition) is 4. The first-order chi connectivity index (χ1) is 10.6. The van der Waals surface area contributed by atoms with E-state index < -0.39 is 0 Å². The maximum Gasteiger partial charge on any atom is 0.220 e.